The predicted octanol–water partition coefficient (Wildman–Crippen LogP) is 2.01. The van der Waals surface area contributed by atoms with E-state index in [1.165, 1.54) is 21.9 Å². The van der Waals surface area contributed by atoms with Crippen LogP contribution in [0.1, 0.15) is 58.9 Å². The van der Waals surface area contributed by atoms with Crippen LogP contribution in [0.3, 0.4) is 0 Å². The molecular weight excluding hydrogens is 510 g/mol. The van der Waals surface area contributed by atoms with E-state index in [2.05, 4.69) is 20.9 Å². The van der Waals surface area contributed by atoms with Crippen LogP contribution in [0.15, 0.2) is 22.9 Å². The number of amides is 2. The second-order valence-corrected chi connectivity index (χ2v) is 13.3. The molecule has 0 radical (unpaired) electrons. The van der Waals surface area contributed by atoms with Gasteiger partial charge in [-0.15, -0.1) is 11.3 Å². The van der Waals surface area contributed by atoms with Gasteiger partial charge in [-0.05, 0) is 31.8 Å². The van der Waals surface area contributed by atoms with Crippen molar-refractivity contribution in [1.29, 1.82) is 0 Å². The minimum absolute atomic E-state index is 0.133. The van der Waals surface area contributed by atoms with Gasteiger partial charge in [-0.1, -0.05) is 30.5 Å². The predicted molar refractivity (Wildman–Crippen MR) is 134 cm³/mol. The number of carbonyl (C=O) groups excluding carboxylic acids is 2. The molecule has 190 valence electrons. The molecule has 3 heterocycles. The number of hydrogen-bond donors (Lipinski definition) is 3. The molecule has 1 aromatic rings. The highest BCUT2D eigenvalue weighted by Crippen LogP contribution is 2.32. The first-order valence-electron chi connectivity index (χ1n) is 12.1. The number of aromatic nitrogens is 1. The van der Waals surface area contributed by atoms with Crippen LogP contribution in [-0.2, 0) is 27.8 Å². The summed E-state index contributed by atoms with van der Waals surface area (Å²) in [6.07, 6.45) is 10.9. The van der Waals surface area contributed by atoms with E-state index >= 15 is 0 Å². The second-order valence-electron chi connectivity index (χ2n) is 9.74. The molecule has 12 heteroatoms. The van der Waals surface area contributed by atoms with E-state index in [0.717, 1.165) is 54.1 Å². The van der Waals surface area contributed by atoms with E-state index in [9.17, 15) is 18.0 Å². The van der Waals surface area contributed by atoms with E-state index in [4.69, 9.17) is 11.6 Å². The summed E-state index contributed by atoms with van der Waals surface area (Å²) in [5.41, 5.74) is 1.37. The number of allylic oxidation sites excluding steroid dienone is 1. The maximum atomic E-state index is 13.0. The molecule has 1 fully saturated rings. The van der Waals surface area contributed by atoms with Crippen LogP contribution in [0.25, 0.3) is 0 Å². The topological polar surface area (TPSA) is 120 Å². The van der Waals surface area contributed by atoms with Crippen molar-refractivity contribution in [3.63, 3.8) is 0 Å². The summed E-state index contributed by atoms with van der Waals surface area (Å²) in [5, 5.41) is 10.7. The summed E-state index contributed by atoms with van der Waals surface area (Å²) in [4.78, 5) is 31.4. The molecule has 9 nitrogen and oxygen atoms in total. The van der Waals surface area contributed by atoms with Crippen LogP contribution >= 0.6 is 22.9 Å². The Morgan fingerprint density at radius 1 is 1.11 bits per heavy atom. The second kappa shape index (κ2) is 9.84. The molecule has 3 N–H and O–H groups in total. The van der Waals surface area contributed by atoms with Crippen molar-refractivity contribution >= 4 is 44.8 Å². The Labute approximate surface area is 214 Å². The van der Waals surface area contributed by atoms with E-state index in [1.807, 2.05) is 12.2 Å². The van der Waals surface area contributed by atoms with Gasteiger partial charge in [-0.3, -0.25) is 9.59 Å². The fourth-order valence-electron chi connectivity index (χ4n) is 5.31. The van der Waals surface area contributed by atoms with Crippen LogP contribution in [0, 0.1) is 5.92 Å². The molecule has 0 aromatic carbocycles. The lowest BCUT2D eigenvalue weighted by Crippen LogP contribution is -2.54. The van der Waals surface area contributed by atoms with Gasteiger partial charge in [0.25, 0.3) is 11.8 Å². The summed E-state index contributed by atoms with van der Waals surface area (Å²) < 4.78 is 25.2. The lowest BCUT2D eigenvalue weighted by molar-refractivity contribution is -0.118. The smallest absolute Gasteiger partial charge is 0.280 e. The first-order valence-corrected chi connectivity index (χ1v) is 15.1. The molecule has 2 amide bonds. The third-order valence-electron chi connectivity index (χ3n) is 7.24. The molecule has 0 bridgehead atoms. The Morgan fingerprint density at radius 3 is 2.54 bits per heavy atom. The van der Waals surface area contributed by atoms with Crippen LogP contribution in [0.2, 0.25) is 0 Å². The zero-order valence-electron chi connectivity index (χ0n) is 19.5. The minimum atomic E-state index is -3.29. The molecule has 5 rings (SSSR count). The van der Waals surface area contributed by atoms with Gasteiger partial charge in [0.05, 0.1) is 17.6 Å². The fourth-order valence-corrected chi connectivity index (χ4v) is 7.46. The molecule has 4 aliphatic rings. The summed E-state index contributed by atoms with van der Waals surface area (Å²) in [7, 11) is -3.29. The molecule has 1 saturated carbocycles. The van der Waals surface area contributed by atoms with Gasteiger partial charge in [-0.25, -0.2) is 13.4 Å². The number of thiazole rings is 1. The molecule has 0 spiro atoms. The Balaban J connectivity index is 1.22. The molecular formula is C23H30ClN5O4S2. The van der Waals surface area contributed by atoms with Gasteiger partial charge in [0.15, 0.2) is 5.01 Å². The fraction of sp³-hybridized carbons (Fsp3) is 0.609. The summed E-state index contributed by atoms with van der Waals surface area (Å²) in [6, 6.07) is -0.151. The highest BCUT2D eigenvalue weighted by Gasteiger charge is 2.34. The SMILES string of the molecule is CS(=O)(=O)N1CCc2nc(C(=O)N[C@@H]3CCCC[C@@H]3NC(=O)C3=CC4C=C(Cl)CCC4N3)sc2C1. The zero-order chi connectivity index (χ0) is 24.7. The van der Waals surface area contributed by atoms with E-state index in [0.29, 0.717) is 23.7 Å². The molecule has 1 aromatic heterocycles. The highest BCUT2D eigenvalue weighted by molar-refractivity contribution is 7.88. The summed E-state index contributed by atoms with van der Waals surface area (Å²) in [5.74, 6) is -0.292. The van der Waals surface area contributed by atoms with Gasteiger partial charge < -0.3 is 16.0 Å². The van der Waals surface area contributed by atoms with Gasteiger partial charge in [0.1, 0.15) is 0 Å². The van der Waals surface area contributed by atoms with Crippen molar-refractivity contribution in [2.45, 2.75) is 69.6 Å². The first kappa shape index (κ1) is 24.7. The lowest BCUT2D eigenvalue weighted by atomic mass is 9.90. The standard InChI is InChI=1S/C23H30ClN5O4S2/c1-35(32,33)29-9-8-18-20(12-29)34-23(28-18)22(31)27-17-5-3-2-4-16(17)26-21(30)19-11-13-10-14(24)6-7-15(13)25-19/h10-11,13,15-17,25H,2-9,12H2,1H3,(H,26,30)(H,27,31)/t13?,15?,16-,17+/m0/s1. The van der Waals surface area contributed by atoms with Crippen molar-refractivity contribution in [3.05, 3.63) is 38.5 Å². The van der Waals surface area contributed by atoms with Gasteiger partial charge >= 0.3 is 0 Å². The normalized spacial score (nSPS) is 28.7. The molecule has 2 aliphatic carbocycles. The largest absolute Gasteiger partial charge is 0.377 e. The number of nitrogens with zero attached hydrogens (tertiary/aromatic N) is 2. The number of carbonyl (C=O) groups is 2. The monoisotopic (exact) mass is 539 g/mol. The van der Waals surface area contributed by atoms with Crippen molar-refractivity contribution in [1.82, 2.24) is 25.2 Å². The van der Waals surface area contributed by atoms with Crippen LogP contribution in [0.5, 0.6) is 0 Å². The third-order valence-corrected chi connectivity index (χ3v) is 9.88. The van der Waals surface area contributed by atoms with Crippen LogP contribution < -0.4 is 16.0 Å². The van der Waals surface area contributed by atoms with E-state index < -0.39 is 10.0 Å². The number of halogens is 1. The van der Waals surface area contributed by atoms with Crippen LogP contribution in [-0.4, -0.2) is 60.4 Å². The van der Waals surface area contributed by atoms with Crippen molar-refractivity contribution in [2.24, 2.45) is 5.92 Å². The van der Waals surface area contributed by atoms with Crippen molar-refractivity contribution < 1.29 is 18.0 Å². The number of nitrogens with one attached hydrogen (secondary N) is 3. The maximum Gasteiger partial charge on any atom is 0.280 e. The molecule has 0 saturated heterocycles. The lowest BCUT2D eigenvalue weighted by Gasteiger charge is -2.32. The molecule has 2 aliphatic heterocycles. The van der Waals surface area contributed by atoms with Gasteiger partial charge in [0, 0.05) is 53.5 Å². The van der Waals surface area contributed by atoms with Gasteiger partial charge in [0.2, 0.25) is 10.0 Å². The molecule has 35 heavy (non-hydrogen) atoms. The average Bonchev–Trinajstić information content (AvgIpc) is 3.43. The molecule has 2 unspecified atom stereocenters. The number of hydrogen-bond acceptors (Lipinski definition) is 7. The van der Waals surface area contributed by atoms with E-state index in [1.54, 1.807) is 0 Å². The quantitative estimate of drug-likeness (QED) is 0.526. The zero-order valence-corrected chi connectivity index (χ0v) is 21.9. The Kier molecular flexibility index (Phi) is 6.95. The van der Waals surface area contributed by atoms with Crippen molar-refractivity contribution in [3.8, 4) is 0 Å². The Morgan fingerprint density at radius 2 is 1.83 bits per heavy atom. The maximum absolute atomic E-state index is 13.0. The van der Waals surface area contributed by atoms with Crippen molar-refractivity contribution in [2.75, 3.05) is 12.8 Å². The third kappa shape index (κ3) is 5.42. The molecule has 4 atom stereocenters. The van der Waals surface area contributed by atoms with Gasteiger partial charge in [-0.2, -0.15) is 4.31 Å². The first-order chi connectivity index (χ1) is 16.7. The average molecular weight is 540 g/mol. The number of rotatable bonds is 5. The minimum Gasteiger partial charge on any atom is -0.377 e. The highest BCUT2D eigenvalue weighted by atomic mass is 35.5. The van der Waals surface area contributed by atoms with Crippen LogP contribution in [0.4, 0.5) is 0 Å². The number of sulfonamides is 1. The van der Waals surface area contributed by atoms with E-state index in [-0.39, 0.29) is 42.4 Å². The number of fused-ring (bicyclic) bond motifs is 2. The Hall–Kier alpha value is -1.95. The Bertz CT molecular complexity index is 1190. The summed E-state index contributed by atoms with van der Waals surface area (Å²) in [6.45, 7) is 0.632. The summed E-state index contributed by atoms with van der Waals surface area (Å²) >= 11 is 7.42.